The van der Waals surface area contributed by atoms with Gasteiger partial charge in [-0.05, 0) is 18.1 Å². The van der Waals surface area contributed by atoms with Crippen molar-refractivity contribution < 1.29 is 0 Å². The first-order valence-corrected chi connectivity index (χ1v) is 6.86. The highest BCUT2D eigenvalue weighted by Crippen LogP contribution is 1.99. The average molecular weight is 254 g/mol. The lowest BCUT2D eigenvalue weighted by Gasteiger charge is -2.14. The van der Waals surface area contributed by atoms with Gasteiger partial charge in [-0.3, -0.25) is 0 Å². The molecule has 0 fully saturated rings. The molecule has 0 spiro atoms. The summed E-state index contributed by atoms with van der Waals surface area (Å²) in [6.45, 7) is 5.04. The fourth-order valence-corrected chi connectivity index (χ4v) is 1.99. The Morgan fingerprint density at radius 3 is 1.89 bits per heavy atom. The molecule has 0 heterocycles. The second-order valence-electron chi connectivity index (χ2n) is 4.88. The van der Waals surface area contributed by atoms with Crippen molar-refractivity contribution in [1.29, 1.82) is 0 Å². The summed E-state index contributed by atoms with van der Waals surface area (Å²) >= 11 is 0. The summed E-state index contributed by atoms with van der Waals surface area (Å²) in [6.07, 6.45) is 0. The molecule has 0 saturated carbocycles. The Bertz CT molecular complexity index is 453. The molecule has 2 nitrogen and oxygen atoms in total. The monoisotopic (exact) mass is 254 g/mol. The zero-order chi connectivity index (χ0) is 13.3. The lowest BCUT2D eigenvalue weighted by atomic mass is 10.2. The Hall–Kier alpha value is -1.64. The molecule has 0 saturated heterocycles. The van der Waals surface area contributed by atoms with E-state index in [0.717, 1.165) is 19.6 Å². The van der Waals surface area contributed by atoms with Crippen LogP contribution in [0.25, 0.3) is 0 Å². The summed E-state index contributed by atoms with van der Waals surface area (Å²) in [4.78, 5) is 0. The first kappa shape index (κ1) is 13.8. The number of hydrogen-bond acceptors (Lipinski definition) is 2. The van der Waals surface area contributed by atoms with Gasteiger partial charge >= 0.3 is 0 Å². The minimum atomic E-state index is 0.462. The number of nitrogens with one attached hydrogen (secondary N) is 2. The van der Waals surface area contributed by atoms with E-state index >= 15 is 0 Å². The molecule has 0 bridgehead atoms. The number of benzene rings is 2. The van der Waals surface area contributed by atoms with Crippen LogP contribution in [0.1, 0.15) is 18.1 Å². The molecular weight excluding hydrogens is 232 g/mol. The van der Waals surface area contributed by atoms with Crippen LogP contribution in [0.5, 0.6) is 0 Å². The molecule has 2 N–H and O–H groups in total. The van der Waals surface area contributed by atoms with E-state index in [1.807, 2.05) is 12.1 Å². The molecule has 2 heteroatoms. The normalized spacial score (nSPS) is 12.3. The molecule has 0 aliphatic carbocycles. The highest BCUT2D eigenvalue weighted by Gasteiger charge is 2.00. The van der Waals surface area contributed by atoms with Gasteiger partial charge in [0.15, 0.2) is 0 Å². The van der Waals surface area contributed by atoms with Crippen molar-refractivity contribution in [3.8, 4) is 0 Å². The van der Waals surface area contributed by atoms with E-state index < -0.39 is 0 Å². The molecule has 0 radical (unpaired) electrons. The van der Waals surface area contributed by atoms with Crippen molar-refractivity contribution in [3.63, 3.8) is 0 Å². The van der Waals surface area contributed by atoms with Crippen LogP contribution < -0.4 is 10.6 Å². The van der Waals surface area contributed by atoms with Crippen LogP contribution in [0.15, 0.2) is 60.7 Å². The van der Waals surface area contributed by atoms with Gasteiger partial charge < -0.3 is 10.6 Å². The second kappa shape index (κ2) is 7.72. The molecule has 0 amide bonds. The summed E-state index contributed by atoms with van der Waals surface area (Å²) in [5, 5.41) is 7.00. The third kappa shape index (κ3) is 5.25. The summed E-state index contributed by atoms with van der Waals surface area (Å²) < 4.78 is 0. The molecule has 19 heavy (non-hydrogen) atoms. The molecular formula is C17H22N2. The number of rotatable bonds is 7. The Morgan fingerprint density at radius 1 is 0.789 bits per heavy atom. The van der Waals surface area contributed by atoms with Gasteiger partial charge in [0.2, 0.25) is 0 Å². The summed E-state index contributed by atoms with van der Waals surface area (Å²) in [6, 6.07) is 21.5. The van der Waals surface area contributed by atoms with Crippen molar-refractivity contribution >= 4 is 0 Å². The maximum absolute atomic E-state index is 3.52. The van der Waals surface area contributed by atoms with E-state index in [2.05, 4.69) is 66.1 Å². The Morgan fingerprint density at radius 2 is 1.32 bits per heavy atom. The second-order valence-corrected chi connectivity index (χ2v) is 4.88. The summed E-state index contributed by atoms with van der Waals surface area (Å²) in [5.74, 6) is 0. The minimum Gasteiger partial charge on any atom is -0.311 e. The predicted molar refractivity (Wildman–Crippen MR) is 80.9 cm³/mol. The third-order valence-electron chi connectivity index (χ3n) is 3.12. The van der Waals surface area contributed by atoms with E-state index in [9.17, 15) is 0 Å². The maximum atomic E-state index is 3.52. The molecule has 0 aliphatic heterocycles. The van der Waals surface area contributed by atoms with E-state index in [1.54, 1.807) is 0 Å². The van der Waals surface area contributed by atoms with Crippen LogP contribution in [-0.2, 0) is 13.1 Å². The van der Waals surface area contributed by atoms with Crippen LogP contribution in [0.2, 0.25) is 0 Å². The van der Waals surface area contributed by atoms with E-state index in [4.69, 9.17) is 0 Å². The minimum absolute atomic E-state index is 0.462. The van der Waals surface area contributed by atoms with Crippen molar-refractivity contribution in [3.05, 3.63) is 71.8 Å². The predicted octanol–water partition coefficient (Wildman–Crippen LogP) is 2.95. The topological polar surface area (TPSA) is 24.1 Å². The van der Waals surface area contributed by atoms with Crippen LogP contribution in [-0.4, -0.2) is 12.6 Å². The largest absolute Gasteiger partial charge is 0.311 e. The Kier molecular flexibility index (Phi) is 5.60. The first-order chi connectivity index (χ1) is 9.34. The standard InChI is InChI=1S/C17H22N2/c1-15(19-14-17-10-6-3-7-11-17)12-18-13-16-8-4-2-5-9-16/h2-11,15,18-19H,12-14H2,1H3/t15-/m0/s1. The van der Waals surface area contributed by atoms with Gasteiger partial charge in [0.25, 0.3) is 0 Å². The summed E-state index contributed by atoms with van der Waals surface area (Å²) in [7, 11) is 0. The Labute approximate surface area is 115 Å². The van der Waals surface area contributed by atoms with Crippen LogP contribution in [0.3, 0.4) is 0 Å². The van der Waals surface area contributed by atoms with Gasteiger partial charge in [0.05, 0.1) is 0 Å². The van der Waals surface area contributed by atoms with E-state index in [0.29, 0.717) is 6.04 Å². The zero-order valence-electron chi connectivity index (χ0n) is 11.5. The summed E-state index contributed by atoms with van der Waals surface area (Å²) in [5.41, 5.74) is 2.66. The SMILES string of the molecule is C[C@@H](CNCc1ccccc1)NCc1ccccc1. The van der Waals surface area contributed by atoms with Gasteiger partial charge in [-0.2, -0.15) is 0 Å². The van der Waals surface area contributed by atoms with E-state index in [-0.39, 0.29) is 0 Å². The molecule has 1 atom stereocenters. The van der Waals surface area contributed by atoms with Crippen LogP contribution in [0.4, 0.5) is 0 Å². The van der Waals surface area contributed by atoms with Crippen LogP contribution in [0, 0.1) is 0 Å². The quantitative estimate of drug-likeness (QED) is 0.794. The third-order valence-corrected chi connectivity index (χ3v) is 3.12. The van der Waals surface area contributed by atoms with Gasteiger partial charge in [-0.25, -0.2) is 0 Å². The zero-order valence-corrected chi connectivity index (χ0v) is 11.5. The molecule has 0 aromatic heterocycles. The maximum Gasteiger partial charge on any atom is 0.0208 e. The van der Waals surface area contributed by atoms with Gasteiger partial charge in [-0.15, -0.1) is 0 Å². The average Bonchev–Trinajstić information content (AvgIpc) is 2.47. The molecule has 0 unspecified atom stereocenters. The van der Waals surface area contributed by atoms with Crippen molar-refractivity contribution in [1.82, 2.24) is 10.6 Å². The molecule has 100 valence electrons. The van der Waals surface area contributed by atoms with Gasteiger partial charge in [-0.1, -0.05) is 60.7 Å². The van der Waals surface area contributed by atoms with E-state index in [1.165, 1.54) is 11.1 Å². The molecule has 0 aliphatic rings. The fourth-order valence-electron chi connectivity index (χ4n) is 1.99. The van der Waals surface area contributed by atoms with Gasteiger partial charge in [0, 0.05) is 25.7 Å². The number of hydrogen-bond donors (Lipinski definition) is 2. The van der Waals surface area contributed by atoms with Gasteiger partial charge in [0.1, 0.15) is 0 Å². The highest BCUT2D eigenvalue weighted by molar-refractivity contribution is 5.15. The Balaban J connectivity index is 1.64. The smallest absolute Gasteiger partial charge is 0.0208 e. The van der Waals surface area contributed by atoms with Crippen molar-refractivity contribution in [2.24, 2.45) is 0 Å². The van der Waals surface area contributed by atoms with Crippen molar-refractivity contribution in [2.45, 2.75) is 26.1 Å². The molecule has 2 aromatic rings. The first-order valence-electron chi connectivity index (χ1n) is 6.86. The highest BCUT2D eigenvalue weighted by atomic mass is 15.0. The van der Waals surface area contributed by atoms with Crippen LogP contribution >= 0.6 is 0 Å². The fraction of sp³-hybridized carbons (Fsp3) is 0.294. The van der Waals surface area contributed by atoms with Crippen molar-refractivity contribution in [2.75, 3.05) is 6.54 Å². The lowest BCUT2D eigenvalue weighted by molar-refractivity contribution is 0.501. The molecule has 2 rings (SSSR count). The molecule has 2 aromatic carbocycles. The lowest BCUT2D eigenvalue weighted by Crippen LogP contribution is -2.35.